The van der Waals surface area contributed by atoms with Crippen molar-refractivity contribution in [2.75, 3.05) is 18.5 Å². The first-order valence-corrected chi connectivity index (χ1v) is 12.5. The summed E-state index contributed by atoms with van der Waals surface area (Å²) >= 11 is 0. The lowest BCUT2D eigenvalue weighted by Gasteiger charge is -2.36. The van der Waals surface area contributed by atoms with E-state index in [2.05, 4.69) is 20.4 Å². The molecule has 38 heavy (non-hydrogen) atoms. The molecule has 4 aromatic rings. The van der Waals surface area contributed by atoms with Gasteiger partial charge in [-0.15, -0.1) is 0 Å². The molecule has 0 unspecified atom stereocenters. The molecule has 0 amide bonds. The van der Waals surface area contributed by atoms with E-state index in [9.17, 15) is 10.2 Å². The Bertz CT molecular complexity index is 1470. The van der Waals surface area contributed by atoms with Crippen LogP contribution in [0.5, 0.6) is 0 Å². The summed E-state index contributed by atoms with van der Waals surface area (Å²) in [6, 6.07) is 7.04. The second-order valence-corrected chi connectivity index (χ2v) is 10.4. The molecule has 5 N–H and O–H groups in total. The van der Waals surface area contributed by atoms with Crippen LogP contribution < -0.4 is 11.1 Å². The van der Waals surface area contributed by atoms with E-state index in [1.54, 1.807) is 24.7 Å². The third kappa shape index (κ3) is 4.21. The molecule has 0 bridgehead atoms. The van der Waals surface area contributed by atoms with Gasteiger partial charge in [-0.3, -0.25) is 4.98 Å². The molecule has 4 atom stereocenters. The minimum absolute atomic E-state index is 0.0118. The van der Waals surface area contributed by atoms with E-state index >= 15 is 8.78 Å². The Morgan fingerprint density at radius 3 is 2.58 bits per heavy atom. The molecule has 0 radical (unpaired) electrons. The highest BCUT2D eigenvalue weighted by atomic mass is 19.1. The van der Waals surface area contributed by atoms with Gasteiger partial charge in [-0.25, -0.2) is 13.8 Å². The lowest BCUT2D eigenvalue weighted by atomic mass is 9.74. The number of hydrogen-bond donors (Lipinski definition) is 4. The first-order chi connectivity index (χ1) is 18.2. The van der Waals surface area contributed by atoms with Crippen molar-refractivity contribution in [2.45, 2.75) is 43.4 Å². The standard InChI is InChI=1S/C27H28F2N6O3/c1-14-6-15(7-21(30)25(14)36)18-4-5-31-11-23(18)33-26-32-10-17-2-3-22(34-35(17)26)24-19(28)8-16(9-20(24)29)27(37)12-38-13-27/h2-5,8-11,14-15,21,25,36-37H,6-7,12-13,30H2,1H3,(H,32,33)/t14-,15+,21+,25-/m0/s1. The SMILES string of the molecule is C[C@H]1C[C@@H](c2ccncc2Nc2ncc3ccc(-c4c(F)cc(C5(O)COC5)cc4F)nn23)C[C@@H](N)[C@H]1O. The van der Waals surface area contributed by atoms with Gasteiger partial charge in [0.1, 0.15) is 17.2 Å². The fourth-order valence-corrected chi connectivity index (χ4v) is 5.46. The van der Waals surface area contributed by atoms with Crippen molar-refractivity contribution in [3.05, 3.63) is 71.7 Å². The van der Waals surface area contributed by atoms with Crippen molar-refractivity contribution < 1.29 is 23.7 Å². The number of ether oxygens (including phenoxy) is 1. The Labute approximate surface area is 217 Å². The smallest absolute Gasteiger partial charge is 0.229 e. The predicted octanol–water partition coefficient (Wildman–Crippen LogP) is 3.23. The number of aromatic nitrogens is 4. The summed E-state index contributed by atoms with van der Waals surface area (Å²) in [4.78, 5) is 8.68. The number of pyridine rings is 1. The summed E-state index contributed by atoms with van der Waals surface area (Å²) in [5.74, 6) is -1.15. The van der Waals surface area contributed by atoms with Crippen molar-refractivity contribution in [1.82, 2.24) is 19.6 Å². The number of aliphatic hydroxyl groups excluding tert-OH is 1. The van der Waals surface area contributed by atoms with Gasteiger partial charge in [0.2, 0.25) is 5.95 Å². The van der Waals surface area contributed by atoms with Crippen LogP contribution in [0.25, 0.3) is 16.8 Å². The van der Waals surface area contributed by atoms with Crippen LogP contribution in [0.2, 0.25) is 0 Å². The molecule has 1 saturated carbocycles. The summed E-state index contributed by atoms with van der Waals surface area (Å²) in [5, 5.41) is 28.5. The van der Waals surface area contributed by atoms with Gasteiger partial charge < -0.3 is 26.0 Å². The number of hydrogen-bond acceptors (Lipinski definition) is 8. The summed E-state index contributed by atoms with van der Waals surface area (Å²) in [6.07, 6.45) is 5.87. The third-order valence-corrected chi connectivity index (χ3v) is 7.68. The molecule has 2 fully saturated rings. The lowest BCUT2D eigenvalue weighted by Crippen LogP contribution is -2.46. The van der Waals surface area contributed by atoms with Crippen molar-refractivity contribution >= 4 is 17.2 Å². The van der Waals surface area contributed by atoms with E-state index in [4.69, 9.17) is 10.5 Å². The fraction of sp³-hybridized carbons (Fsp3) is 0.370. The number of rotatable bonds is 5. The maximum atomic E-state index is 15.1. The van der Waals surface area contributed by atoms with E-state index in [1.165, 1.54) is 10.6 Å². The topological polar surface area (TPSA) is 131 Å². The molecule has 2 aliphatic rings. The molecule has 4 heterocycles. The van der Waals surface area contributed by atoms with E-state index in [-0.39, 0.29) is 47.9 Å². The van der Waals surface area contributed by atoms with E-state index < -0.39 is 23.3 Å². The Kier molecular flexibility index (Phi) is 6.10. The number of nitrogens with one attached hydrogen (secondary N) is 1. The summed E-state index contributed by atoms with van der Waals surface area (Å²) in [5.41, 5.74) is 7.04. The van der Waals surface area contributed by atoms with E-state index in [0.717, 1.165) is 24.1 Å². The number of anilines is 2. The average Bonchev–Trinajstić information content (AvgIpc) is 3.27. The largest absolute Gasteiger partial charge is 0.391 e. The van der Waals surface area contributed by atoms with Crippen LogP contribution in [-0.4, -0.2) is 55.2 Å². The summed E-state index contributed by atoms with van der Waals surface area (Å²) in [7, 11) is 0. The fourth-order valence-electron chi connectivity index (χ4n) is 5.46. The summed E-state index contributed by atoms with van der Waals surface area (Å²) in [6.45, 7) is 1.97. The monoisotopic (exact) mass is 522 g/mol. The van der Waals surface area contributed by atoms with Gasteiger partial charge >= 0.3 is 0 Å². The van der Waals surface area contributed by atoms with Crippen molar-refractivity contribution in [3.8, 4) is 11.3 Å². The van der Waals surface area contributed by atoms with Crippen molar-refractivity contribution in [2.24, 2.45) is 11.7 Å². The number of nitrogens with two attached hydrogens (primary N) is 1. The third-order valence-electron chi connectivity index (χ3n) is 7.68. The summed E-state index contributed by atoms with van der Waals surface area (Å²) < 4.78 is 36.7. The van der Waals surface area contributed by atoms with Gasteiger partial charge in [0.15, 0.2) is 0 Å². The molecule has 9 nitrogen and oxygen atoms in total. The number of halogens is 2. The quantitative estimate of drug-likeness (QED) is 0.314. The maximum absolute atomic E-state index is 15.1. The van der Waals surface area contributed by atoms with Crippen LogP contribution in [0.4, 0.5) is 20.4 Å². The normalized spacial score (nSPS) is 24.8. The Hall–Kier alpha value is -3.51. The predicted molar refractivity (Wildman–Crippen MR) is 136 cm³/mol. The van der Waals surface area contributed by atoms with E-state index in [1.807, 2.05) is 13.0 Å². The number of benzene rings is 1. The van der Waals surface area contributed by atoms with Gasteiger partial charge in [0, 0.05) is 12.2 Å². The Morgan fingerprint density at radius 2 is 1.89 bits per heavy atom. The molecule has 6 rings (SSSR count). The Morgan fingerprint density at radius 1 is 1.13 bits per heavy atom. The minimum atomic E-state index is -1.39. The number of nitrogens with zero attached hydrogens (tertiary/aromatic N) is 4. The van der Waals surface area contributed by atoms with Gasteiger partial charge in [-0.05, 0) is 66.1 Å². The van der Waals surface area contributed by atoms with Gasteiger partial charge in [0.05, 0.1) is 54.2 Å². The number of aliphatic hydroxyl groups is 2. The second kappa shape index (κ2) is 9.35. The second-order valence-electron chi connectivity index (χ2n) is 10.4. The zero-order valence-electron chi connectivity index (χ0n) is 20.7. The van der Waals surface area contributed by atoms with Gasteiger partial charge in [-0.1, -0.05) is 6.92 Å². The van der Waals surface area contributed by atoms with Gasteiger partial charge in [-0.2, -0.15) is 9.61 Å². The molecule has 0 spiro atoms. The molecule has 1 aliphatic carbocycles. The highest BCUT2D eigenvalue weighted by molar-refractivity contribution is 5.66. The highest BCUT2D eigenvalue weighted by Crippen LogP contribution is 2.39. The number of fused-ring (bicyclic) bond motifs is 1. The molecule has 1 aromatic carbocycles. The van der Waals surface area contributed by atoms with Crippen molar-refractivity contribution in [1.29, 1.82) is 0 Å². The molecule has 11 heteroatoms. The Balaban J connectivity index is 1.34. The first kappa shape index (κ1) is 24.8. The van der Waals surface area contributed by atoms with Crippen molar-refractivity contribution in [3.63, 3.8) is 0 Å². The molecular formula is C27H28F2N6O3. The molecule has 3 aromatic heterocycles. The molecular weight excluding hydrogens is 494 g/mol. The van der Waals surface area contributed by atoms with Crippen LogP contribution >= 0.6 is 0 Å². The molecule has 1 saturated heterocycles. The minimum Gasteiger partial charge on any atom is -0.391 e. The first-order valence-electron chi connectivity index (χ1n) is 12.5. The van der Waals surface area contributed by atoms with Crippen LogP contribution in [0.15, 0.2) is 48.9 Å². The van der Waals surface area contributed by atoms with Gasteiger partial charge in [0.25, 0.3) is 0 Å². The van der Waals surface area contributed by atoms with Crippen LogP contribution in [0.3, 0.4) is 0 Å². The van der Waals surface area contributed by atoms with Crippen LogP contribution in [-0.2, 0) is 10.3 Å². The highest BCUT2D eigenvalue weighted by Gasteiger charge is 2.39. The molecule has 198 valence electrons. The van der Waals surface area contributed by atoms with E-state index in [0.29, 0.717) is 23.6 Å². The van der Waals surface area contributed by atoms with Crippen LogP contribution in [0, 0.1) is 17.6 Å². The molecule has 1 aliphatic heterocycles. The van der Waals surface area contributed by atoms with Crippen LogP contribution in [0.1, 0.15) is 36.8 Å². The zero-order valence-corrected chi connectivity index (χ0v) is 20.7. The zero-order chi connectivity index (χ0) is 26.6. The average molecular weight is 523 g/mol. The maximum Gasteiger partial charge on any atom is 0.229 e. The lowest BCUT2D eigenvalue weighted by molar-refractivity contribution is -0.184. The number of imidazole rings is 1.